The molecule has 2 saturated heterocycles. The Morgan fingerprint density at radius 1 is 0.911 bits per heavy atom. The first-order valence-corrected chi connectivity index (χ1v) is 18.1. The molecule has 2 aliphatic rings. The molecule has 1 amide bonds. The van der Waals surface area contributed by atoms with Crippen molar-refractivity contribution in [3.8, 4) is 6.07 Å². The zero-order valence-electron chi connectivity index (χ0n) is 27.4. The van der Waals surface area contributed by atoms with Gasteiger partial charge in [0.2, 0.25) is 0 Å². The maximum absolute atomic E-state index is 13.6. The number of hydrogen-bond donors (Lipinski definition) is 0. The molecule has 0 unspecified atom stereocenters. The van der Waals surface area contributed by atoms with Crippen LogP contribution in [0.15, 0.2) is 40.0 Å². The van der Waals surface area contributed by atoms with Gasteiger partial charge in [0.25, 0.3) is 11.5 Å². The maximum Gasteiger partial charge on any atom is 0.270 e. The summed E-state index contributed by atoms with van der Waals surface area (Å²) >= 11 is 6.99. The lowest BCUT2D eigenvalue weighted by molar-refractivity contribution is -0.122. The number of nitrogens with zero attached hydrogens (tertiary/aromatic N) is 5. The number of unbranched alkanes of at least 4 members (excludes halogenated alkanes) is 9. The van der Waals surface area contributed by atoms with E-state index in [0.717, 1.165) is 56.9 Å². The maximum atomic E-state index is 13.6. The zero-order valence-corrected chi connectivity index (χ0v) is 29.0. The summed E-state index contributed by atoms with van der Waals surface area (Å²) < 4.78 is 2.29. The van der Waals surface area contributed by atoms with E-state index < -0.39 is 0 Å². The molecule has 1 aromatic carbocycles. The number of piperazine rings is 1. The van der Waals surface area contributed by atoms with Gasteiger partial charge in [-0.15, -0.1) is 0 Å². The molecule has 2 aliphatic heterocycles. The summed E-state index contributed by atoms with van der Waals surface area (Å²) in [7, 11) is 0. The molecule has 0 spiro atoms. The van der Waals surface area contributed by atoms with Gasteiger partial charge in [-0.05, 0) is 37.5 Å². The van der Waals surface area contributed by atoms with Gasteiger partial charge in [-0.1, -0.05) is 119 Å². The summed E-state index contributed by atoms with van der Waals surface area (Å²) in [6, 6.07) is 12.6. The number of aromatic nitrogens is 1. The number of benzene rings is 1. The fourth-order valence-corrected chi connectivity index (χ4v) is 7.61. The SMILES string of the molecule is CCCCCCCCCCCCN1C(=O)/C(=C\c2c(C)c(C#N)c(=O)n(CC)c2N2CCN(Cc3ccccc3)CC2)SC1=S. The topological polar surface area (TPSA) is 72.6 Å². The van der Waals surface area contributed by atoms with Gasteiger partial charge in [0, 0.05) is 51.4 Å². The summed E-state index contributed by atoms with van der Waals surface area (Å²) in [4.78, 5) is 34.0. The Morgan fingerprint density at radius 2 is 1.53 bits per heavy atom. The van der Waals surface area contributed by atoms with Gasteiger partial charge in [-0.3, -0.25) is 24.0 Å². The summed E-state index contributed by atoms with van der Waals surface area (Å²) in [6.07, 6.45) is 14.3. The van der Waals surface area contributed by atoms with E-state index in [2.05, 4.69) is 47.1 Å². The molecule has 0 N–H and O–H groups in total. The van der Waals surface area contributed by atoms with Gasteiger partial charge in [0.05, 0.1) is 4.91 Å². The summed E-state index contributed by atoms with van der Waals surface area (Å²) in [6.45, 7) is 11.2. The van der Waals surface area contributed by atoms with Crippen LogP contribution in [-0.2, 0) is 17.9 Å². The lowest BCUT2D eigenvalue weighted by Crippen LogP contribution is -2.48. The number of anilines is 1. The number of amides is 1. The highest BCUT2D eigenvalue weighted by atomic mass is 32.2. The van der Waals surface area contributed by atoms with Gasteiger partial charge < -0.3 is 4.90 Å². The minimum atomic E-state index is -0.273. The second-order valence-corrected chi connectivity index (χ2v) is 13.8. The first kappa shape index (κ1) is 34.9. The minimum Gasteiger partial charge on any atom is -0.355 e. The second-order valence-electron chi connectivity index (χ2n) is 12.2. The molecule has 45 heavy (non-hydrogen) atoms. The van der Waals surface area contributed by atoms with Crippen LogP contribution in [0.1, 0.15) is 100 Å². The monoisotopic (exact) mass is 647 g/mol. The molecule has 242 valence electrons. The highest BCUT2D eigenvalue weighted by Crippen LogP contribution is 2.36. The number of rotatable bonds is 16. The molecule has 4 rings (SSSR count). The Hall–Kier alpha value is -2.93. The molecule has 9 heteroatoms. The van der Waals surface area contributed by atoms with Crippen LogP contribution < -0.4 is 10.5 Å². The number of thiocarbonyl (C=S) groups is 1. The third-order valence-corrected chi connectivity index (χ3v) is 10.3. The van der Waals surface area contributed by atoms with E-state index in [-0.39, 0.29) is 17.0 Å². The van der Waals surface area contributed by atoms with E-state index in [1.807, 2.05) is 26.0 Å². The van der Waals surface area contributed by atoms with Crippen molar-refractivity contribution in [2.24, 2.45) is 0 Å². The summed E-state index contributed by atoms with van der Waals surface area (Å²) in [5.41, 5.74) is 2.53. The van der Waals surface area contributed by atoms with Crippen molar-refractivity contribution in [1.29, 1.82) is 5.26 Å². The quantitative estimate of drug-likeness (QED) is 0.106. The highest BCUT2D eigenvalue weighted by Gasteiger charge is 2.33. The second kappa shape index (κ2) is 17.7. The van der Waals surface area contributed by atoms with Crippen molar-refractivity contribution >= 4 is 46.1 Å². The van der Waals surface area contributed by atoms with Gasteiger partial charge in [0.1, 0.15) is 21.8 Å². The van der Waals surface area contributed by atoms with Crippen molar-refractivity contribution in [2.75, 3.05) is 37.6 Å². The first-order valence-electron chi connectivity index (χ1n) is 16.8. The number of pyridine rings is 1. The highest BCUT2D eigenvalue weighted by molar-refractivity contribution is 8.26. The van der Waals surface area contributed by atoms with Crippen LogP contribution in [0.2, 0.25) is 0 Å². The molecule has 7 nitrogen and oxygen atoms in total. The standard InChI is InChI=1S/C36H49N5O2S2/c1-4-6-7-8-9-10-11-12-13-17-20-41-35(43)32(45-36(41)44)25-30-28(3)31(26-37)34(42)40(5-2)33(30)39-23-21-38(22-24-39)27-29-18-15-14-16-19-29/h14-16,18-19,25H,4-13,17,20-24,27H2,1-3H3/b32-25+. The zero-order chi connectivity index (χ0) is 32.2. The number of carbonyl (C=O) groups is 1. The Kier molecular flexibility index (Phi) is 13.7. The van der Waals surface area contributed by atoms with E-state index in [1.165, 1.54) is 68.7 Å². The fourth-order valence-electron chi connectivity index (χ4n) is 6.32. The summed E-state index contributed by atoms with van der Waals surface area (Å²) in [5, 5.41) is 9.93. The molecule has 0 bridgehead atoms. The van der Waals surface area contributed by atoms with Gasteiger partial charge >= 0.3 is 0 Å². The van der Waals surface area contributed by atoms with Crippen molar-refractivity contribution in [2.45, 2.75) is 98.1 Å². The lowest BCUT2D eigenvalue weighted by Gasteiger charge is -2.38. The van der Waals surface area contributed by atoms with Crippen LogP contribution in [0, 0.1) is 18.3 Å². The predicted octanol–water partition coefficient (Wildman–Crippen LogP) is 7.49. The molecule has 0 radical (unpaired) electrons. The normalized spacial score (nSPS) is 16.6. The number of nitriles is 1. The summed E-state index contributed by atoms with van der Waals surface area (Å²) in [5.74, 6) is 0.713. The Balaban J connectivity index is 1.46. The van der Waals surface area contributed by atoms with E-state index in [9.17, 15) is 14.9 Å². The van der Waals surface area contributed by atoms with Crippen LogP contribution in [0.5, 0.6) is 0 Å². The van der Waals surface area contributed by atoms with Crippen molar-refractivity contribution in [3.05, 3.63) is 67.8 Å². The fraction of sp³-hybridized carbons (Fsp3) is 0.556. The molecule has 0 saturated carbocycles. The molecule has 1 aromatic heterocycles. The molecule has 0 aliphatic carbocycles. The van der Waals surface area contributed by atoms with Crippen LogP contribution >= 0.6 is 24.0 Å². The smallest absolute Gasteiger partial charge is 0.270 e. The van der Waals surface area contributed by atoms with Gasteiger partial charge in [0.15, 0.2) is 0 Å². The van der Waals surface area contributed by atoms with E-state index in [1.54, 1.807) is 9.47 Å². The third kappa shape index (κ3) is 9.08. The molecular formula is C36H49N5O2S2. The Morgan fingerprint density at radius 3 is 2.13 bits per heavy atom. The van der Waals surface area contributed by atoms with Crippen molar-refractivity contribution in [3.63, 3.8) is 0 Å². The number of thioether (sulfide) groups is 1. The Labute approximate surface area is 279 Å². The number of carbonyl (C=O) groups excluding carboxylic acids is 1. The van der Waals surface area contributed by atoms with Gasteiger partial charge in [-0.2, -0.15) is 5.26 Å². The van der Waals surface area contributed by atoms with Crippen LogP contribution in [0.3, 0.4) is 0 Å². The largest absolute Gasteiger partial charge is 0.355 e. The molecule has 2 aromatic rings. The minimum absolute atomic E-state index is 0.0771. The number of hydrogen-bond acceptors (Lipinski definition) is 7. The Bertz CT molecular complexity index is 1440. The average Bonchev–Trinajstić information content (AvgIpc) is 3.31. The van der Waals surface area contributed by atoms with E-state index in [4.69, 9.17) is 12.2 Å². The molecule has 0 atom stereocenters. The third-order valence-electron chi connectivity index (χ3n) is 8.97. The van der Waals surface area contributed by atoms with Crippen molar-refractivity contribution < 1.29 is 4.79 Å². The van der Waals surface area contributed by atoms with E-state index >= 15 is 0 Å². The molecular weight excluding hydrogens is 599 g/mol. The van der Waals surface area contributed by atoms with Crippen LogP contribution in [-0.4, -0.2) is 57.3 Å². The first-order chi connectivity index (χ1) is 21.9. The van der Waals surface area contributed by atoms with Gasteiger partial charge in [-0.25, -0.2) is 0 Å². The predicted molar refractivity (Wildman–Crippen MR) is 191 cm³/mol. The van der Waals surface area contributed by atoms with E-state index in [0.29, 0.717) is 27.9 Å². The van der Waals surface area contributed by atoms with Crippen LogP contribution in [0.25, 0.3) is 6.08 Å². The van der Waals surface area contributed by atoms with Crippen LogP contribution in [0.4, 0.5) is 5.82 Å². The molecule has 3 heterocycles. The average molecular weight is 648 g/mol. The molecule has 2 fully saturated rings. The van der Waals surface area contributed by atoms with Crippen molar-refractivity contribution in [1.82, 2.24) is 14.4 Å². The lowest BCUT2D eigenvalue weighted by atomic mass is 10.0.